The Morgan fingerprint density at radius 2 is 1.73 bits per heavy atom. The quantitative estimate of drug-likeness (QED) is 0.504. The maximum atomic E-state index is 6.01. The van der Waals surface area contributed by atoms with E-state index in [1.54, 1.807) is 12.4 Å². The lowest BCUT2D eigenvalue weighted by molar-refractivity contribution is 1.16. The van der Waals surface area contributed by atoms with Crippen molar-refractivity contribution in [3.8, 4) is 0 Å². The fourth-order valence-corrected chi connectivity index (χ4v) is 2.95. The van der Waals surface area contributed by atoms with Crippen molar-refractivity contribution in [1.29, 1.82) is 0 Å². The Kier molecular flexibility index (Phi) is 4.37. The highest BCUT2D eigenvalue weighted by Crippen LogP contribution is 2.25. The molecule has 128 valence electrons. The Bertz CT molecular complexity index is 1080. The number of hydrogen-bond donors (Lipinski definition) is 2. The minimum atomic E-state index is 0.500. The highest BCUT2D eigenvalue weighted by atomic mass is 35.5. The molecule has 0 atom stereocenters. The highest BCUT2D eigenvalue weighted by molar-refractivity contribution is 6.30. The van der Waals surface area contributed by atoms with E-state index in [0.29, 0.717) is 16.8 Å². The highest BCUT2D eigenvalue weighted by Gasteiger charge is 2.06. The number of nitrogens with zero attached hydrogens (tertiary/aromatic N) is 3. The number of aromatic nitrogens is 3. The van der Waals surface area contributed by atoms with E-state index < -0.39 is 0 Å². The molecule has 0 saturated heterocycles. The van der Waals surface area contributed by atoms with Crippen LogP contribution >= 0.6 is 11.6 Å². The molecule has 0 unspecified atom stereocenters. The van der Waals surface area contributed by atoms with E-state index in [4.69, 9.17) is 11.6 Å². The van der Waals surface area contributed by atoms with E-state index in [-0.39, 0.29) is 0 Å². The van der Waals surface area contributed by atoms with Crippen LogP contribution in [0.3, 0.4) is 0 Å². The van der Waals surface area contributed by atoms with Gasteiger partial charge in [0.05, 0.1) is 11.2 Å². The molecule has 0 fully saturated rings. The number of nitrogens with one attached hydrogen (secondary N) is 2. The van der Waals surface area contributed by atoms with Crippen LogP contribution in [0.5, 0.6) is 0 Å². The van der Waals surface area contributed by atoms with Gasteiger partial charge in [0.15, 0.2) is 0 Å². The predicted octanol–water partition coefficient (Wildman–Crippen LogP) is 5.47. The molecule has 5 nitrogen and oxygen atoms in total. The molecule has 0 saturated carbocycles. The number of halogens is 1. The zero-order chi connectivity index (χ0) is 17.9. The third-order valence-electron chi connectivity index (χ3n) is 3.99. The van der Waals surface area contributed by atoms with Crippen LogP contribution in [-0.2, 0) is 0 Å². The molecule has 0 aliphatic heterocycles. The number of aryl methyl sites for hydroxylation is 1. The predicted molar refractivity (Wildman–Crippen MR) is 107 cm³/mol. The van der Waals surface area contributed by atoms with Gasteiger partial charge in [0, 0.05) is 28.5 Å². The van der Waals surface area contributed by atoms with Crippen LogP contribution in [0.1, 0.15) is 5.56 Å². The molecule has 6 heteroatoms. The van der Waals surface area contributed by atoms with Crippen molar-refractivity contribution in [3.63, 3.8) is 0 Å². The molecule has 0 radical (unpaired) electrons. The number of anilines is 4. The Labute approximate surface area is 156 Å². The number of pyridine rings is 1. The molecule has 2 N–H and O–H groups in total. The monoisotopic (exact) mass is 361 g/mol. The number of hydrogen-bond acceptors (Lipinski definition) is 5. The molecule has 2 aromatic heterocycles. The van der Waals surface area contributed by atoms with Gasteiger partial charge in [-0.25, -0.2) is 4.98 Å². The van der Waals surface area contributed by atoms with E-state index in [1.807, 2.05) is 61.5 Å². The molecular formula is C20H16ClN5. The van der Waals surface area contributed by atoms with Gasteiger partial charge in [-0.1, -0.05) is 29.8 Å². The average Bonchev–Trinajstić information content (AvgIpc) is 2.65. The number of para-hydroxylation sites is 1. The summed E-state index contributed by atoms with van der Waals surface area (Å²) in [5.41, 5.74) is 3.74. The smallest absolute Gasteiger partial charge is 0.229 e. The van der Waals surface area contributed by atoms with Crippen LogP contribution in [0, 0.1) is 6.92 Å². The Morgan fingerprint density at radius 3 is 2.62 bits per heavy atom. The Balaban J connectivity index is 1.61. The van der Waals surface area contributed by atoms with Gasteiger partial charge in [0.25, 0.3) is 0 Å². The van der Waals surface area contributed by atoms with Gasteiger partial charge in [-0.2, -0.15) is 4.98 Å². The molecule has 4 aromatic rings. The van der Waals surface area contributed by atoms with Gasteiger partial charge in [-0.3, -0.25) is 4.98 Å². The first kappa shape index (κ1) is 16.3. The van der Waals surface area contributed by atoms with Crippen LogP contribution in [0.4, 0.5) is 23.1 Å². The summed E-state index contributed by atoms with van der Waals surface area (Å²) in [5, 5.41) is 8.32. The van der Waals surface area contributed by atoms with Crippen molar-refractivity contribution in [3.05, 3.63) is 77.6 Å². The summed E-state index contributed by atoms with van der Waals surface area (Å²) in [6.45, 7) is 2.00. The maximum Gasteiger partial charge on any atom is 0.229 e. The SMILES string of the molecule is Cc1cc(Cl)ccc1Nc1ccnc(Nc2cccc3cccnc23)n1. The molecule has 2 heterocycles. The Morgan fingerprint density at radius 1 is 0.846 bits per heavy atom. The van der Waals surface area contributed by atoms with Crippen LogP contribution < -0.4 is 10.6 Å². The second-order valence-electron chi connectivity index (χ2n) is 5.86. The van der Waals surface area contributed by atoms with Crippen molar-refractivity contribution < 1.29 is 0 Å². The molecule has 0 aliphatic carbocycles. The fourth-order valence-electron chi connectivity index (χ4n) is 2.72. The summed E-state index contributed by atoms with van der Waals surface area (Å²) >= 11 is 6.01. The summed E-state index contributed by atoms with van der Waals surface area (Å²) in [4.78, 5) is 13.3. The molecule has 0 amide bonds. The average molecular weight is 362 g/mol. The van der Waals surface area contributed by atoms with Crippen molar-refractivity contribution in [2.24, 2.45) is 0 Å². The standard InChI is InChI=1S/C20H16ClN5/c1-13-12-15(21)7-8-16(13)24-18-9-11-23-20(26-18)25-17-6-2-4-14-5-3-10-22-19(14)17/h2-12H,1H3,(H2,23,24,25,26). The largest absolute Gasteiger partial charge is 0.340 e. The Hall–Kier alpha value is -3.18. The minimum Gasteiger partial charge on any atom is -0.340 e. The lowest BCUT2D eigenvalue weighted by Gasteiger charge is -2.11. The first-order valence-electron chi connectivity index (χ1n) is 8.16. The molecule has 26 heavy (non-hydrogen) atoms. The zero-order valence-electron chi connectivity index (χ0n) is 14.1. The molecule has 0 bridgehead atoms. The summed E-state index contributed by atoms with van der Waals surface area (Å²) < 4.78 is 0. The normalized spacial score (nSPS) is 10.7. The van der Waals surface area contributed by atoms with Gasteiger partial charge in [-0.05, 0) is 48.9 Å². The lowest BCUT2D eigenvalue weighted by atomic mass is 10.2. The van der Waals surface area contributed by atoms with Gasteiger partial charge in [0.1, 0.15) is 5.82 Å². The van der Waals surface area contributed by atoms with Crippen molar-refractivity contribution in [2.45, 2.75) is 6.92 Å². The third kappa shape index (κ3) is 3.43. The third-order valence-corrected chi connectivity index (χ3v) is 4.22. The lowest BCUT2D eigenvalue weighted by Crippen LogP contribution is -2.01. The van der Waals surface area contributed by atoms with E-state index >= 15 is 0 Å². The van der Waals surface area contributed by atoms with E-state index in [1.165, 1.54) is 0 Å². The van der Waals surface area contributed by atoms with Gasteiger partial charge < -0.3 is 10.6 Å². The van der Waals surface area contributed by atoms with Crippen LogP contribution in [0.15, 0.2) is 67.0 Å². The van der Waals surface area contributed by atoms with E-state index in [0.717, 1.165) is 27.8 Å². The topological polar surface area (TPSA) is 62.7 Å². The van der Waals surface area contributed by atoms with E-state index in [9.17, 15) is 0 Å². The first-order chi connectivity index (χ1) is 12.7. The summed E-state index contributed by atoms with van der Waals surface area (Å²) in [7, 11) is 0. The maximum absolute atomic E-state index is 6.01. The number of fused-ring (bicyclic) bond motifs is 1. The molecular weight excluding hydrogens is 346 g/mol. The number of rotatable bonds is 4. The van der Waals surface area contributed by atoms with Crippen molar-refractivity contribution in [2.75, 3.05) is 10.6 Å². The molecule has 2 aromatic carbocycles. The molecule has 0 spiro atoms. The van der Waals surface area contributed by atoms with E-state index in [2.05, 4.69) is 25.6 Å². The van der Waals surface area contributed by atoms with Gasteiger partial charge in [-0.15, -0.1) is 0 Å². The summed E-state index contributed by atoms with van der Waals surface area (Å²) in [5.74, 6) is 1.20. The second-order valence-corrected chi connectivity index (χ2v) is 6.29. The zero-order valence-corrected chi connectivity index (χ0v) is 14.8. The van der Waals surface area contributed by atoms with Gasteiger partial charge >= 0.3 is 0 Å². The van der Waals surface area contributed by atoms with Crippen LogP contribution in [-0.4, -0.2) is 15.0 Å². The first-order valence-corrected chi connectivity index (χ1v) is 8.54. The molecule has 4 rings (SSSR count). The van der Waals surface area contributed by atoms with Crippen LogP contribution in [0.25, 0.3) is 10.9 Å². The fraction of sp³-hybridized carbons (Fsp3) is 0.0500. The van der Waals surface area contributed by atoms with Crippen LogP contribution in [0.2, 0.25) is 5.02 Å². The second kappa shape index (κ2) is 6.98. The van der Waals surface area contributed by atoms with Gasteiger partial charge in [0.2, 0.25) is 5.95 Å². The molecule has 0 aliphatic rings. The minimum absolute atomic E-state index is 0.500. The summed E-state index contributed by atoms with van der Waals surface area (Å²) in [6.07, 6.45) is 3.48. The number of benzene rings is 2. The summed E-state index contributed by atoms with van der Waals surface area (Å²) in [6, 6.07) is 17.4. The van der Waals surface area contributed by atoms with Crippen molar-refractivity contribution in [1.82, 2.24) is 15.0 Å². The van der Waals surface area contributed by atoms with Crippen molar-refractivity contribution >= 4 is 45.6 Å².